The molecule has 1 aliphatic heterocycles. The highest BCUT2D eigenvalue weighted by Crippen LogP contribution is 2.24. The normalized spacial score (nSPS) is 25.6. The van der Waals surface area contributed by atoms with Crippen LogP contribution < -0.4 is 10.5 Å². The first-order valence-electron chi connectivity index (χ1n) is 4.50. The first-order valence-corrected chi connectivity index (χ1v) is 6.42. The van der Waals surface area contributed by atoms with E-state index in [0.717, 1.165) is 5.56 Å². The maximum atomic E-state index is 11.3. The molecule has 1 saturated heterocycles. The number of nitrogens with two attached hydrogens (primary N) is 1. The highest BCUT2D eigenvalue weighted by molar-refractivity contribution is 7.91. The standard InChI is InChI=1S/C9H11ClN2O2S/c10-7-3-1-6(2-4-7)9(11)8-5-12-15(8,13)14/h1-4,8-9,12H,5,11H2. The van der Waals surface area contributed by atoms with Crippen LogP contribution in [-0.2, 0) is 10.0 Å². The average Bonchev–Trinajstić information content (AvgIpc) is 2.17. The summed E-state index contributed by atoms with van der Waals surface area (Å²) in [4.78, 5) is 0. The molecule has 0 saturated carbocycles. The molecule has 0 aliphatic carbocycles. The summed E-state index contributed by atoms with van der Waals surface area (Å²) in [7, 11) is -3.19. The molecule has 3 N–H and O–H groups in total. The Hall–Kier alpha value is -0.620. The molecule has 1 aliphatic rings. The van der Waals surface area contributed by atoms with Crippen LogP contribution in [-0.4, -0.2) is 20.2 Å². The molecule has 1 aromatic carbocycles. The summed E-state index contributed by atoms with van der Waals surface area (Å²) < 4.78 is 24.9. The molecule has 15 heavy (non-hydrogen) atoms. The third kappa shape index (κ3) is 2.01. The van der Waals surface area contributed by atoms with Crippen LogP contribution in [0.4, 0.5) is 0 Å². The van der Waals surface area contributed by atoms with Crippen molar-refractivity contribution in [1.29, 1.82) is 0 Å². The summed E-state index contributed by atoms with van der Waals surface area (Å²) in [6, 6.07) is 6.42. The van der Waals surface area contributed by atoms with Crippen LogP contribution in [0.1, 0.15) is 11.6 Å². The summed E-state index contributed by atoms with van der Waals surface area (Å²) in [5, 5.41) is 0.0826. The maximum absolute atomic E-state index is 11.3. The molecule has 0 radical (unpaired) electrons. The molecule has 2 atom stereocenters. The van der Waals surface area contributed by atoms with Crippen LogP contribution in [0.3, 0.4) is 0 Å². The number of halogens is 1. The predicted molar refractivity (Wildman–Crippen MR) is 59.1 cm³/mol. The Balaban J connectivity index is 2.21. The van der Waals surface area contributed by atoms with Gasteiger partial charge in [-0.15, -0.1) is 0 Å². The Kier molecular flexibility index (Phi) is 2.72. The minimum Gasteiger partial charge on any atom is -0.323 e. The van der Waals surface area contributed by atoms with Gasteiger partial charge in [0.1, 0.15) is 5.25 Å². The Bertz CT molecular complexity index is 458. The molecule has 0 amide bonds. The van der Waals surface area contributed by atoms with Crippen LogP contribution in [0, 0.1) is 0 Å². The predicted octanol–water partition coefficient (Wildman–Crippen LogP) is 0.641. The molecule has 2 rings (SSSR count). The number of benzene rings is 1. The first-order chi connectivity index (χ1) is 7.00. The highest BCUT2D eigenvalue weighted by Gasteiger charge is 2.40. The molecule has 82 valence electrons. The van der Waals surface area contributed by atoms with Gasteiger partial charge in [-0.3, -0.25) is 0 Å². The van der Waals surface area contributed by atoms with Crippen molar-refractivity contribution in [3.63, 3.8) is 0 Å². The lowest BCUT2D eigenvalue weighted by Gasteiger charge is -2.32. The fourth-order valence-corrected chi connectivity index (χ4v) is 2.84. The Morgan fingerprint density at radius 2 is 2.00 bits per heavy atom. The van der Waals surface area contributed by atoms with Gasteiger partial charge in [-0.2, -0.15) is 0 Å². The van der Waals surface area contributed by atoms with Crippen LogP contribution >= 0.6 is 11.6 Å². The molecule has 0 spiro atoms. The topological polar surface area (TPSA) is 72.2 Å². The van der Waals surface area contributed by atoms with Crippen molar-refractivity contribution in [3.05, 3.63) is 34.9 Å². The summed E-state index contributed by atoms with van der Waals surface area (Å²) in [5.41, 5.74) is 6.65. The third-order valence-corrected chi connectivity index (χ3v) is 4.62. The van der Waals surface area contributed by atoms with Gasteiger partial charge >= 0.3 is 0 Å². The Morgan fingerprint density at radius 1 is 1.40 bits per heavy atom. The van der Waals surface area contributed by atoms with E-state index < -0.39 is 21.3 Å². The number of hydrogen-bond donors (Lipinski definition) is 2. The van der Waals surface area contributed by atoms with Crippen molar-refractivity contribution in [2.75, 3.05) is 6.54 Å². The van der Waals surface area contributed by atoms with Gasteiger partial charge in [0.25, 0.3) is 0 Å². The summed E-state index contributed by atoms with van der Waals surface area (Å²) in [5.74, 6) is 0. The minimum absolute atomic E-state index is 0.409. The fraction of sp³-hybridized carbons (Fsp3) is 0.333. The van der Waals surface area contributed by atoms with E-state index in [1.165, 1.54) is 0 Å². The van der Waals surface area contributed by atoms with Gasteiger partial charge in [0.15, 0.2) is 0 Å². The van der Waals surface area contributed by atoms with E-state index in [-0.39, 0.29) is 0 Å². The third-order valence-electron chi connectivity index (χ3n) is 2.54. The van der Waals surface area contributed by atoms with Crippen LogP contribution in [0.25, 0.3) is 0 Å². The quantitative estimate of drug-likeness (QED) is 0.805. The lowest BCUT2D eigenvalue weighted by molar-refractivity contribution is 0.498. The number of rotatable bonds is 2. The molecule has 0 aromatic heterocycles. The minimum atomic E-state index is -3.19. The first kappa shape index (κ1) is 10.9. The van der Waals surface area contributed by atoms with E-state index in [1.807, 2.05) is 0 Å². The number of hydrogen-bond acceptors (Lipinski definition) is 3. The molecule has 1 fully saturated rings. The van der Waals surface area contributed by atoms with E-state index in [1.54, 1.807) is 24.3 Å². The smallest absolute Gasteiger partial charge is 0.217 e. The van der Waals surface area contributed by atoms with Crippen molar-refractivity contribution >= 4 is 21.6 Å². The summed E-state index contributed by atoms with van der Waals surface area (Å²) in [6.45, 7) is 0.409. The summed E-state index contributed by atoms with van der Waals surface area (Å²) in [6.07, 6.45) is 0. The molecular weight excluding hydrogens is 236 g/mol. The van der Waals surface area contributed by atoms with E-state index in [4.69, 9.17) is 17.3 Å². The molecule has 1 aromatic rings. The molecule has 1 heterocycles. The van der Waals surface area contributed by atoms with E-state index in [9.17, 15) is 8.42 Å². The second-order valence-electron chi connectivity index (χ2n) is 3.51. The zero-order chi connectivity index (χ0) is 11.1. The second kappa shape index (κ2) is 3.75. The highest BCUT2D eigenvalue weighted by atomic mass is 35.5. The second-order valence-corrected chi connectivity index (χ2v) is 5.93. The molecule has 2 unspecified atom stereocenters. The maximum Gasteiger partial charge on any atom is 0.217 e. The van der Waals surface area contributed by atoms with Gasteiger partial charge in [-0.05, 0) is 17.7 Å². The zero-order valence-corrected chi connectivity index (χ0v) is 9.42. The van der Waals surface area contributed by atoms with Crippen molar-refractivity contribution in [1.82, 2.24) is 4.72 Å². The van der Waals surface area contributed by atoms with Gasteiger partial charge in [-0.25, -0.2) is 13.1 Å². The van der Waals surface area contributed by atoms with Gasteiger partial charge in [0, 0.05) is 17.6 Å². The SMILES string of the molecule is NC(c1ccc(Cl)cc1)C1CNS1(=O)=O. The molecule has 0 bridgehead atoms. The molecular formula is C9H11ClN2O2S. The average molecular weight is 247 g/mol. The molecule has 4 nitrogen and oxygen atoms in total. The number of nitrogens with one attached hydrogen (secondary N) is 1. The fourth-order valence-electron chi connectivity index (χ4n) is 1.54. The van der Waals surface area contributed by atoms with E-state index in [2.05, 4.69) is 4.72 Å². The zero-order valence-electron chi connectivity index (χ0n) is 7.85. The number of sulfonamides is 1. The van der Waals surface area contributed by atoms with Crippen LogP contribution in [0.2, 0.25) is 5.02 Å². The van der Waals surface area contributed by atoms with Crippen molar-refractivity contribution in [2.45, 2.75) is 11.3 Å². The molecule has 6 heteroatoms. The van der Waals surface area contributed by atoms with Gasteiger partial charge in [0.05, 0.1) is 0 Å². The van der Waals surface area contributed by atoms with Crippen LogP contribution in [0.15, 0.2) is 24.3 Å². The summed E-state index contributed by atoms with van der Waals surface area (Å²) >= 11 is 5.73. The van der Waals surface area contributed by atoms with Gasteiger partial charge in [0.2, 0.25) is 10.0 Å². The van der Waals surface area contributed by atoms with Gasteiger partial charge in [-0.1, -0.05) is 23.7 Å². The lowest BCUT2D eigenvalue weighted by atomic mass is 10.0. The van der Waals surface area contributed by atoms with Crippen molar-refractivity contribution in [3.8, 4) is 0 Å². The lowest BCUT2D eigenvalue weighted by Crippen LogP contribution is -2.57. The Morgan fingerprint density at radius 3 is 2.40 bits per heavy atom. The van der Waals surface area contributed by atoms with Crippen LogP contribution in [0.5, 0.6) is 0 Å². The van der Waals surface area contributed by atoms with E-state index >= 15 is 0 Å². The largest absolute Gasteiger partial charge is 0.323 e. The van der Waals surface area contributed by atoms with E-state index in [0.29, 0.717) is 11.6 Å². The van der Waals surface area contributed by atoms with Gasteiger partial charge < -0.3 is 5.73 Å². The van der Waals surface area contributed by atoms with Crippen molar-refractivity contribution in [2.24, 2.45) is 5.73 Å². The Labute approximate surface area is 93.5 Å². The monoisotopic (exact) mass is 246 g/mol. The van der Waals surface area contributed by atoms with Crippen molar-refractivity contribution < 1.29 is 8.42 Å².